The molecule has 4 unspecified atom stereocenters. The van der Waals surface area contributed by atoms with Gasteiger partial charge in [0.1, 0.15) is 0 Å². The van der Waals surface area contributed by atoms with Gasteiger partial charge in [0.05, 0.1) is 0 Å². The van der Waals surface area contributed by atoms with Crippen LogP contribution in [0.1, 0.15) is 70.4 Å². The van der Waals surface area contributed by atoms with Crippen molar-refractivity contribution in [2.75, 3.05) is 0 Å². The van der Waals surface area contributed by atoms with Crippen molar-refractivity contribution < 1.29 is 0 Å². The molecule has 1 aromatic carbocycles. The van der Waals surface area contributed by atoms with Crippen LogP contribution in [0.15, 0.2) is 30.3 Å². The maximum absolute atomic E-state index is 4.08. The Bertz CT molecular complexity index is 421. The molecule has 3 rings (SSSR count). The average Bonchev–Trinajstić information content (AvgIpc) is 2.86. The van der Waals surface area contributed by atoms with Crippen molar-refractivity contribution >= 4 is 0 Å². The molecule has 0 aliphatic heterocycles. The van der Waals surface area contributed by atoms with Crippen molar-refractivity contribution in [3.05, 3.63) is 35.9 Å². The van der Waals surface area contributed by atoms with Crippen LogP contribution in [-0.2, 0) is 0 Å². The lowest BCUT2D eigenvalue weighted by atomic mass is 9.80. The van der Waals surface area contributed by atoms with E-state index in [1.165, 1.54) is 50.5 Å². The fourth-order valence-electron chi connectivity index (χ4n) is 4.46. The van der Waals surface area contributed by atoms with Gasteiger partial charge in [0, 0.05) is 12.1 Å². The molecular formula is C20H31N. The van der Waals surface area contributed by atoms with Crippen molar-refractivity contribution in [3.8, 4) is 0 Å². The molecule has 2 fully saturated rings. The first kappa shape index (κ1) is 15.1. The van der Waals surface area contributed by atoms with Gasteiger partial charge in [-0.15, -0.1) is 0 Å². The van der Waals surface area contributed by atoms with Crippen LogP contribution in [0.25, 0.3) is 0 Å². The molecule has 0 saturated heterocycles. The fourth-order valence-corrected chi connectivity index (χ4v) is 4.46. The minimum Gasteiger partial charge on any atom is -0.307 e. The molecule has 0 radical (unpaired) electrons. The largest absolute Gasteiger partial charge is 0.307 e. The fraction of sp³-hybridized carbons (Fsp3) is 0.700. The molecule has 1 nitrogen and oxygen atoms in total. The van der Waals surface area contributed by atoms with Crippen LogP contribution >= 0.6 is 0 Å². The van der Waals surface area contributed by atoms with Gasteiger partial charge in [-0.05, 0) is 49.0 Å². The molecule has 116 valence electrons. The maximum Gasteiger partial charge on any atom is 0.0351 e. The minimum atomic E-state index is 0.573. The summed E-state index contributed by atoms with van der Waals surface area (Å²) in [6, 6.07) is 12.5. The molecule has 1 heteroatoms. The Morgan fingerprint density at radius 2 is 1.62 bits per heavy atom. The van der Waals surface area contributed by atoms with Crippen LogP contribution < -0.4 is 5.32 Å². The van der Waals surface area contributed by atoms with Gasteiger partial charge in [0.2, 0.25) is 0 Å². The summed E-state index contributed by atoms with van der Waals surface area (Å²) in [6.07, 6.45) is 9.85. The summed E-state index contributed by atoms with van der Waals surface area (Å²) in [5.74, 6) is 2.54. The number of nitrogens with one attached hydrogen (secondary N) is 1. The molecule has 0 amide bonds. The Balaban J connectivity index is 1.75. The van der Waals surface area contributed by atoms with Crippen molar-refractivity contribution in [2.45, 2.75) is 70.9 Å². The highest BCUT2D eigenvalue weighted by Gasteiger charge is 2.34. The van der Waals surface area contributed by atoms with E-state index in [0.717, 1.165) is 17.8 Å². The highest BCUT2D eigenvalue weighted by molar-refractivity contribution is 5.20. The van der Waals surface area contributed by atoms with Gasteiger partial charge in [-0.1, -0.05) is 63.4 Å². The number of hydrogen-bond donors (Lipinski definition) is 1. The monoisotopic (exact) mass is 285 g/mol. The summed E-state index contributed by atoms with van der Waals surface area (Å²) in [5.41, 5.74) is 1.51. The van der Waals surface area contributed by atoms with Crippen molar-refractivity contribution in [3.63, 3.8) is 0 Å². The van der Waals surface area contributed by atoms with Gasteiger partial charge < -0.3 is 5.32 Å². The molecule has 1 aromatic rings. The summed E-state index contributed by atoms with van der Waals surface area (Å²) >= 11 is 0. The molecular weight excluding hydrogens is 254 g/mol. The average molecular weight is 285 g/mol. The highest BCUT2D eigenvalue weighted by Crippen LogP contribution is 2.38. The standard InChI is InChI=1S/C20H31N/c1-15-13-14-19(16(15)2)21-20(17-9-5-3-6-10-17)18-11-7-4-8-12-18/h3,5-6,9-10,15-16,18-21H,4,7-8,11-14H2,1-2H3. The third-order valence-electron chi connectivity index (χ3n) is 6.14. The Morgan fingerprint density at radius 1 is 0.905 bits per heavy atom. The quantitative estimate of drug-likeness (QED) is 0.788. The van der Waals surface area contributed by atoms with Crippen LogP contribution in [0, 0.1) is 17.8 Å². The second-order valence-electron chi connectivity index (χ2n) is 7.47. The SMILES string of the molecule is CC1CCC(NC(c2ccccc2)C2CCCCC2)C1C. The van der Waals surface area contributed by atoms with Crippen LogP contribution in [0.2, 0.25) is 0 Å². The molecule has 4 atom stereocenters. The van der Waals surface area contributed by atoms with Gasteiger partial charge in [0.15, 0.2) is 0 Å². The van der Waals surface area contributed by atoms with E-state index in [1.807, 2.05) is 0 Å². The lowest BCUT2D eigenvalue weighted by Crippen LogP contribution is -2.39. The van der Waals surface area contributed by atoms with Crippen molar-refractivity contribution in [1.82, 2.24) is 5.32 Å². The summed E-state index contributed by atoms with van der Waals surface area (Å²) in [6.45, 7) is 4.86. The first-order chi connectivity index (χ1) is 10.3. The van der Waals surface area contributed by atoms with Gasteiger partial charge >= 0.3 is 0 Å². The third kappa shape index (κ3) is 3.51. The summed E-state index contributed by atoms with van der Waals surface area (Å²) in [5, 5.41) is 4.08. The Morgan fingerprint density at radius 3 is 2.24 bits per heavy atom. The second kappa shape index (κ2) is 6.96. The van der Waals surface area contributed by atoms with E-state index in [1.54, 1.807) is 0 Å². The molecule has 0 heterocycles. The minimum absolute atomic E-state index is 0.573. The smallest absolute Gasteiger partial charge is 0.0351 e. The van der Waals surface area contributed by atoms with E-state index in [0.29, 0.717) is 12.1 Å². The lowest BCUT2D eigenvalue weighted by Gasteiger charge is -2.35. The molecule has 0 spiro atoms. The van der Waals surface area contributed by atoms with E-state index in [-0.39, 0.29) is 0 Å². The van der Waals surface area contributed by atoms with Gasteiger partial charge in [-0.25, -0.2) is 0 Å². The number of benzene rings is 1. The molecule has 1 N–H and O–H groups in total. The van der Waals surface area contributed by atoms with Crippen LogP contribution in [0.3, 0.4) is 0 Å². The summed E-state index contributed by atoms with van der Waals surface area (Å²) in [7, 11) is 0. The highest BCUT2D eigenvalue weighted by atomic mass is 15.0. The zero-order chi connectivity index (χ0) is 14.7. The zero-order valence-electron chi connectivity index (χ0n) is 13.7. The Labute approximate surface area is 130 Å². The number of hydrogen-bond acceptors (Lipinski definition) is 1. The van der Waals surface area contributed by atoms with E-state index in [4.69, 9.17) is 0 Å². The molecule has 2 saturated carbocycles. The van der Waals surface area contributed by atoms with E-state index in [9.17, 15) is 0 Å². The van der Waals surface area contributed by atoms with Gasteiger partial charge in [0.25, 0.3) is 0 Å². The maximum atomic E-state index is 4.08. The molecule has 2 aliphatic carbocycles. The Kier molecular flexibility index (Phi) is 5.00. The lowest BCUT2D eigenvalue weighted by molar-refractivity contribution is 0.234. The third-order valence-corrected chi connectivity index (χ3v) is 6.14. The van der Waals surface area contributed by atoms with Gasteiger partial charge in [-0.3, -0.25) is 0 Å². The second-order valence-corrected chi connectivity index (χ2v) is 7.47. The zero-order valence-corrected chi connectivity index (χ0v) is 13.7. The van der Waals surface area contributed by atoms with Crippen LogP contribution in [-0.4, -0.2) is 6.04 Å². The van der Waals surface area contributed by atoms with Gasteiger partial charge in [-0.2, -0.15) is 0 Å². The van der Waals surface area contributed by atoms with E-state index < -0.39 is 0 Å². The molecule has 2 aliphatic rings. The van der Waals surface area contributed by atoms with E-state index >= 15 is 0 Å². The number of rotatable bonds is 4. The first-order valence-corrected chi connectivity index (χ1v) is 9.06. The Hall–Kier alpha value is -0.820. The topological polar surface area (TPSA) is 12.0 Å². The molecule has 0 aromatic heterocycles. The van der Waals surface area contributed by atoms with Crippen LogP contribution in [0.5, 0.6) is 0 Å². The molecule has 21 heavy (non-hydrogen) atoms. The van der Waals surface area contributed by atoms with E-state index in [2.05, 4.69) is 49.5 Å². The normalized spacial score (nSPS) is 32.2. The summed E-state index contributed by atoms with van der Waals surface area (Å²) in [4.78, 5) is 0. The predicted molar refractivity (Wildman–Crippen MR) is 90.2 cm³/mol. The first-order valence-electron chi connectivity index (χ1n) is 9.06. The van der Waals surface area contributed by atoms with Crippen molar-refractivity contribution in [1.29, 1.82) is 0 Å². The van der Waals surface area contributed by atoms with Crippen LogP contribution in [0.4, 0.5) is 0 Å². The summed E-state index contributed by atoms with van der Waals surface area (Å²) < 4.78 is 0. The predicted octanol–water partition coefficient (Wildman–Crippen LogP) is 5.33. The van der Waals surface area contributed by atoms with Crippen molar-refractivity contribution in [2.24, 2.45) is 17.8 Å². The molecule has 0 bridgehead atoms.